The molecule has 0 spiro atoms. The SMILES string of the molecule is C/C(=C/Cl)COc1cccc(Br)c1. The van der Waals surface area contributed by atoms with Crippen molar-refractivity contribution < 1.29 is 4.74 Å². The molecule has 0 atom stereocenters. The summed E-state index contributed by atoms with van der Waals surface area (Å²) in [6.45, 7) is 2.45. The summed E-state index contributed by atoms with van der Waals surface area (Å²) in [6, 6.07) is 7.71. The number of ether oxygens (including phenoxy) is 1. The van der Waals surface area contributed by atoms with Crippen molar-refractivity contribution in [3.8, 4) is 5.75 Å². The van der Waals surface area contributed by atoms with E-state index in [-0.39, 0.29) is 0 Å². The topological polar surface area (TPSA) is 9.23 Å². The lowest BCUT2D eigenvalue weighted by Crippen LogP contribution is -1.97. The predicted octanol–water partition coefficient (Wildman–Crippen LogP) is 3.97. The van der Waals surface area contributed by atoms with Crippen LogP contribution in [0, 0.1) is 0 Å². The first kappa shape index (κ1) is 10.6. The van der Waals surface area contributed by atoms with Crippen LogP contribution >= 0.6 is 27.5 Å². The maximum atomic E-state index is 5.50. The molecular weight excluding hydrogens is 251 g/mol. The second-order valence-electron chi connectivity index (χ2n) is 2.70. The fraction of sp³-hybridized carbons (Fsp3) is 0.200. The van der Waals surface area contributed by atoms with Gasteiger partial charge < -0.3 is 4.74 Å². The quantitative estimate of drug-likeness (QED) is 0.800. The lowest BCUT2D eigenvalue weighted by molar-refractivity contribution is 0.352. The summed E-state index contributed by atoms with van der Waals surface area (Å²) in [4.78, 5) is 0. The molecule has 0 heterocycles. The Bertz CT molecular complexity index is 310. The molecule has 1 rings (SSSR count). The fourth-order valence-electron chi connectivity index (χ4n) is 0.785. The van der Waals surface area contributed by atoms with E-state index in [2.05, 4.69) is 15.9 Å². The van der Waals surface area contributed by atoms with Crippen LogP contribution in [0.25, 0.3) is 0 Å². The average molecular weight is 262 g/mol. The van der Waals surface area contributed by atoms with E-state index in [0.717, 1.165) is 15.8 Å². The molecule has 1 aromatic rings. The zero-order chi connectivity index (χ0) is 9.68. The van der Waals surface area contributed by atoms with Gasteiger partial charge in [-0.25, -0.2) is 0 Å². The Hall–Kier alpha value is -0.470. The molecule has 0 N–H and O–H groups in total. The summed E-state index contributed by atoms with van der Waals surface area (Å²) in [5.74, 6) is 0.840. The van der Waals surface area contributed by atoms with Crippen LogP contribution in [0.4, 0.5) is 0 Å². The van der Waals surface area contributed by atoms with E-state index in [0.29, 0.717) is 6.61 Å². The Labute approximate surface area is 91.5 Å². The van der Waals surface area contributed by atoms with Gasteiger partial charge in [0.1, 0.15) is 12.4 Å². The zero-order valence-corrected chi connectivity index (χ0v) is 9.60. The van der Waals surface area contributed by atoms with Crippen LogP contribution in [0.2, 0.25) is 0 Å². The van der Waals surface area contributed by atoms with Crippen LogP contribution in [0.1, 0.15) is 6.92 Å². The molecule has 1 nitrogen and oxygen atoms in total. The normalized spacial score (nSPS) is 11.5. The summed E-state index contributed by atoms with van der Waals surface area (Å²) in [7, 11) is 0. The molecule has 0 saturated carbocycles. The summed E-state index contributed by atoms with van der Waals surface area (Å²) >= 11 is 8.86. The zero-order valence-electron chi connectivity index (χ0n) is 7.26. The van der Waals surface area contributed by atoms with Gasteiger partial charge in [0, 0.05) is 10.0 Å². The van der Waals surface area contributed by atoms with Gasteiger partial charge in [-0.3, -0.25) is 0 Å². The fourth-order valence-corrected chi connectivity index (χ4v) is 1.23. The standard InChI is InChI=1S/C10H10BrClO/c1-8(6-12)7-13-10-4-2-3-9(11)5-10/h2-6H,7H2,1H3/b8-6-. The summed E-state index contributed by atoms with van der Waals surface area (Å²) < 4.78 is 6.47. The van der Waals surface area contributed by atoms with Crippen LogP contribution in [-0.4, -0.2) is 6.61 Å². The molecule has 0 aliphatic heterocycles. The highest BCUT2D eigenvalue weighted by molar-refractivity contribution is 9.10. The monoisotopic (exact) mass is 260 g/mol. The van der Waals surface area contributed by atoms with E-state index in [1.807, 2.05) is 31.2 Å². The summed E-state index contributed by atoms with van der Waals surface area (Å²) in [5, 5.41) is 0. The van der Waals surface area contributed by atoms with Crippen molar-refractivity contribution in [1.82, 2.24) is 0 Å². The first-order chi connectivity index (χ1) is 6.22. The summed E-state index contributed by atoms with van der Waals surface area (Å²) in [6.07, 6.45) is 0. The molecule has 13 heavy (non-hydrogen) atoms. The van der Waals surface area contributed by atoms with Crippen LogP contribution in [0.15, 0.2) is 39.8 Å². The molecule has 0 aromatic heterocycles. The molecule has 70 valence electrons. The van der Waals surface area contributed by atoms with Crippen molar-refractivity contribution in [2.45, 2.75) is 6.92 Å². The number of hydrogen-bond acceptors (Lipinski definition) is 1. The van der Waals surface area contributed by atoms with E-state index in [9.17, 15) is 0 Å². The Morgan fingerprint density at radius 1 is 1.62 bits per heavy atom. The highest BCUT2D eigenvalue weighted by atomic mass is 79.9. The molecule has 0 radical (unpaired) electrons. The highest BCUT2D eigenvalue weighted by Crippen LogP contribution is 2.18. The minimum Gasteiger partial charge on any atom is -0.489 e. The molecule has 3 heteroatoms. The first-order valence-corrected chi connectivity index (χ1v) is 5.09. The van der Waals surface area contributed by atoms with Crippen LogP contribution in [-0.2, 0) is 0 Å². The Morgan fingerprint density at radius 2 is 2.38 bits per heavy atom. The summed E-state index contributed by atoms with van der Waals surface area (Å²) in [5.41, 5.74) is 2.53. The van der Waals surface area contributed by atoms with E-state index in [1.165, 1.54) is 5.54 Å². The second-order valence-corrected chi connectivity index (χ2v) is 3.84. The molecule has 0 amide bonds. The van der Waals surface area contributed by atoms with Gasteiger partial charge in [0.25, 0.3) is 0 Å². The van der Waals surface area contributed by atoms with Gasteiger partial charge in [-0.05, 0) is 30.7 Å². The largest absolute Gasteiger partial charge is 0.489 e. The lowest BCUT2D eigenvalue weighted by Gasteiger charge is -2.05. The first-order valence-electron chi connectivity index (χ1n) is 3.86. The minimum atomic E-state index is 0.528. The molecule has 1 aromatic carbocycles. The molecule has 0 unspecified atom stereocenters. The molecule has 0 aliphatic carbocycles. The molecule has 0 saturated heterocycles. The van der Waals surface area contributed by atoms with Crippen molar-refractivity contribution in [3.05, 3.63) is 39.8 Å². The second kappa shape index (κ2) is 5.30. The van der Waals surface area contributed by atoms with E-state index >= 15 is 0 Å². The molecule has 0 bridgehead atoms. The predicted molar refractivity (Wildman–Crippen MR) is 59.2 cm³/mol. The third kappa shape index (κ3) is 3.83. The smallest absolute Gasteiger partial charge is 0.120 e. The van der Waals surface area contributed by atoms with E-state index < -0.39 is 0 Å². The van der Waals surface area contributed by atoms with Crippen LogP contribution in [0.3, 0.4) is 0 Å². The number of halogens is 2. The molecular formula is C10H10BrClO. The number of hydrogen-bond donors (Lipinski definition) is 0. The Kier molecular flexibility index (Phi) is 4.33. The van der Waals surface area contributed by atoms with Gasteiger partial charge in [-0.15, -0.1) is 0 Å². The Morgan fingerprint density at radius 3 is 3.00 bits per heavy atom. The maximum absolute atomic E-state index is 5.50. The van der Waals surface area contributed by atoms with Gasteiger partial charge in [0.05, 0.1) is 0 Å². The average Bonchev–Trinajstić information content (AvgIpc) is 2.14. The van der Waals surface area contributed by atoms with Crippen LogP contribution in [0.5, 0.6) is 5.75 Å². The van der Waals surface area contributed by atoms with E-state index in [4.69, 9.17) is 16.3 Å². The van der Waals surface area contributed by atoms with Crippen LogP contribution < -0.4 is 4.74 Å². The maximum Gasteiger partial charge on any atom is 0.120 e. The molecule has 0 aliphatic rings. The van der Waals surface area contributed by atoms with Crippen molar-refractivity contribution in [2.24, 2.45) is 0 Å². The Balaban J connectivity index is 2.55. The lowest BCUT2D eigenvalue weighted by atomic mass is 10.3. The van der Waals surface area contributed by atoms with Gasteiger partial charge in [0.2, 0.25) is 0 Å². The van der Waals surface area contributed by atoms with Crippen molar-refractivity contribution in [3.63, 3.8) is 0 Å². The minimum absolute atomic E-state index is 0.528. The van der Waals surface area contributed by atoms with Gasteiger partial charge in [0.15, 0.2) is 0 Å². The number of rotatable bonds is 3. The third-order valence-electron chi connectivity index (χ3n) is 1.45. The molecule has 0 fully saturated rings. The van der Waals surface area contributed by atoms with Crippen molar-refractivity contribution in [2.75, 3.05) is 6.61 Å². The van der Waals surface area contributed by atoms with Gasteiger partial charge >= 0.3 is 0 Å². The third-order valence-corrected chi connectivity index (χ3v) is 2.31. The number of benzene rings is 1. The van der Waals surface area contributed by atoms with Crippen molar-refractivity contribution in [1.29, 1.82) is 0 Å². The highest BCUT2D eigenvalue weighted by Gasteiger charge is 1.94. The van der Waals surface area contributed by atoms with Gasteiger partial charge in [-0.1, -0.05) is 33.6 Å². The van der Waals surface area contributed by atoms with E-state index in [1.54, 1.807) is 0 Å². The van der Waals surface area contributed by atoms with Crippen molar-refractivity contribution >= 4 is 27.5 Å². The van der Waals surface area contributed by atoms with Gasteiger partial charge in [-0.2, -0.15) is 0 Å².